The molecular formula is C13H24N4O3. The Labute approximate surface area is 117 Å². The van der Waals surface area contributed by atoms with Crippen LogP contribution < -0.4 is 22.3 Å². The molecule has 0 amide bonds. The number of rotatable bonds is 7. The number of hydrogen-bond acceptors (Lipinski definition) is 5. The van der Waals surface area contributed by atoms with E-state index >= 15 is 0 Å². The molecule has 0 aliphatic rings. The summed E-state index contributed by atoms with van der Waals surface area (Å²) in [5, 5.41) is 11.9. The highest BCUT2D eigenvalue weighted by Crippen LogP contribution is 2.23. The monoisotopic (exact) mass is 284 g/mol. The molecule has 5 N–H and O–H groups in total. The van der Waals surface area contributed by atoms with Crippen molar-refractivity contribution in [1.82, 2.24) is 9.55 Å². The molecule has 1 aromatic rings. The molecule has 1 rings (SSSR count). The Balaban J connectivity index is 2.94. The molecule has 0 fully saturated rings. The van der Waals surface area contributed by atoms with E-state index in [4.69, 9.17) is 10.8 Å². The molecule has 0 unspecified atom stereocenters. The number of nitrogens with one attached hydrogen (secondary N) is 2. The highest BCUT2D eigenvalue weighted by Gasteiger charge is 2.19. The van der Waals surface area contributed by atoms with Crippen LogP contribution in [-0.2, 0) is 6.54 Å². The predicted octanol–water partition coefficient (Wildman–Crippen LogP) is 0.349. The fourth-order valence-corrected chi connectivity index (χ4v) is 2.05. The molecule has 7 nitrogen and oxygen atoms in total. The van der Waals surface area contributed by atoms with Crippen molar-refractivity contribution in [3.05, 3.63) is 20.8 Å². The first-order chi connectivity index (χ1) is 9.32. The fourth-order valence-electron chi connectivity index (χ4n) is 2.05. The molecule has 0 radical (unpaired) electrons. The van der Waals surface area contributed by atoms with Crippen molar-refractivity contribution in [2.24, 2.45) is 5.41 Å². The van der Waals surface area contributed by atoms with Gasteiger partial charge in [0.05, 0.1) is 0 Å². The standard InChI is InChI=1S/C13H24N4O3/c1-4-17-10(14)9(11(19)16-12(17)20)15-8-13(2,3)6-5-7-18/h15,18H,4-8,14H2,1-3H3,(H,16,19,20). The fraction of sp³-hybridized carbons (Fsp3) is 0.692. The summed E-state index contributed by atoms with van der Waals surface area (Å²) in [6.07, 6.45) is 1.52. The van der Waals surface area contributed by atoms with Crippen LogP contribution in [0.2, 0.25) is 0 Å². The molecule has 0 saturated carbocycles. The van der Waals surface area contributed by atoms with Crippen LogP contribution in [0.3, 0.4) is 0 Å². The average molecular weight is 284 g/mol. The van der Waals surface area contributed by atoms with Gasteiger partial charge in [0, 0.05) is 19.7 Å². The van der Waals surface area contributed by atoms with Gasteiger partial charge in [0.1, 0.15) is 11.5 Å². The average Bonchev–Trinajstić information content (AvgIpc) is 2.36. The number of hydrogen-bond donors (Lipinski definition) is 4. The third-order valence-electron chi connectivity index (χ3n) is 3.31. The molecule has 1 heterocycles. The molecule has 7 heteroatoms. The second-order valence-corrected chi connectivity index (χ2v) is 5.61. The molecule has 0 aliphatic heterocycles. The van der Waals surface area contributed by atoms with E-state index < -0.39 is 11.2 Å². The normalized spacial score (nSPS) is 11.6. The summed E-state index contributed by atoms with van der Waals surface area (Å²) in [5.74, 6) is 0.152. The molecule has 114 valence electrons. The summed E-state index contributed by atoms with van der Waals surface area (Å²) in [4.78, 5) is 25.6. The maximum Gasteiger partial charge on any atom is 0.330 e. The summed E-state index contributed by atoms with van der Waals surface area (Å²) in [5.41, 5.74) is 5.00. The molecule has 0 saturated heterocycles. The second kappa shape index (κ2) is 6.60. The first-order valence-electron chi connectivity index (χ1n) is 6.79. The molecular weight excluding hydrogens is 260 g/mol. The van der Waals surface area contributed by atoms with Gasteiger partial charge in [-0.1, -0.05) is 13.8 Å². The third-order valence-corrected chi connectivity index (χ3v) is 3.31. The topological polar surface area (TPSA) is 113 Å². The Morgan fingerprint density at radius 3 is 2.60 bits per heavy atom. The lowest BCUT2D eigenvalue weighted by Crippen LogP contribution is -2.35. The van der Waals surface area contributed by atoms with E-state index in [1.807, 2.05) is 13.8 Å². The molecule has 1 aromatic heterocycles. The van der Waals surface area contributed by atoms with Gasteiger partial charge in [-0.2, -0.15) is 0 Å². The van der Waals surface area contributed by atoms with Crippen LogP contribution in [0.5, 0.6) is 0 Å². The van der Waals surface area contributed by atoms with E-state index in [1.54, 1.807) is 6.92 Å². The minimum atomic E-state index is -0.504. The lowest BCUT2D eigenvalue weighted by Gasteiger charge is -2.25. The number of nitrogens with two attached hydrogens (primary N) is 1. The molecule has 0 aromatic carbocycles. The van der Waals surface area contributed by atoms with Crippen molar-refractivity contribution < 1.29 is 5.11 Å². The third kappa shape index (κ3) is 3.86. The largest absolute Gasteiger partial charge is 0.396 e. The summed E-state index contributed by atoms with van der Waals surface area (Å²) in [6, 6.07) is 0. The van der Waals surface area contributed by atoms with Crippen LogP contribution in [0.1, 0.15) is 33.6 Å². The highest BCUT2D eigenvalue weighted by molar-refractivity contribution is 5.60. The number of H-pyrrole nitrogens is 1. The van der Waals surface area contributed by atoms with E-state index in [9.17, 15) is 9.59 Å². The zero-order valence-electron chi connectivity index (χ0n) is 12.3. The van der Waals surface area contributed by atoms with Crippen LogP contribution in [0, 0.1) is 5.41 Å². The first-order valence-corrected chi connectivity index (χ1v) is 6.79. The van der Waals surface area contributed by atoms with Gasteiger partial charge >= 0.3 is 5.69 Å². The quantitative estimate of drug-likeness (QED) is 0.577. The number of aliphatic hydroxyl groups is 1. The maximum atomic E-state index is 11.8. The van der Waals surface area contributed by atoms with Crippen molar-refractivity contribution in [2.45, 2.75) is 40.2 Å². The van der Waals surface area contributed by atoms with E-state index in [2.05, 4.69) is 10.3 Å². The number of aromatic amines is 1. The molecule has 0 atom stereocenters. The number of nitrogen functional groups attached to an aromatic ring is 1. The Bertz CT molecular complexity index is 560. The first kappa shape index (κ1) is 16.3. The van der Waals surface area contributed by atoms with Crippen molar-refractivity contribution in [2.75, 3.05) is 24.2 Å². The molecule has 0 aliphatic carbocycles. The van der Waals surface area contributed by atoms with Crippen LogP contribution in [0.4, 0.5) is 11.5 Å². The minimum absolute atomic E-state index is 0.0885. The number of anilines is 2. The summed E-state index contributed by atoms with van der Waals surface area (Å²) < 4.78 is 1.31. The molecule has 0 spiro atoms. The summed E-state index contributed by atoms with van der Waals surface area (Å²) in [7, 11) is 0. The number of aliphatic hydroxyl groups excluding tert-OH is 1. The Kier molecular flexibility index (Phi) is 5.38. The predicted molar refractivity (Wildman–Crippen MR) is 80.0 cm³/mol. The Hall–Kier alpha value is -1.76. The van der Waals surface area contributed by atoms with Crippen LogP contribution >= 0.6 is 0 Å². The number of nitrogens with zero attached hydrogens (tertiary/aromatic N) is 1. The molecule has 20 heavy (non-hydrogen) atoms. The minimum Gasteiger partial charge on any atom is -0.396 e. The van der Waals surface area contributed by atoms with Gasteiger partial charge in [0.15, 0.2) is 0 Å². The van der Waals surface area contributed by atoms with Gasteiger partial charge in [0.2, 0.25) is 0 Å². The lowest BCUT2D eigenvalue weighted by molar-refractivity contribution is 0.248. The van der Waals surface area contributed by atoms with Crippen LogP contribution in [0.25, 0.3) is 0 Å². The van der Waals surface area contributed by atoms with Gasteiger partial charge in [-0.15, -0.1) is 0 Å². The van der Waals surface area contributed by atoms with Gasteiger partial charge < -0.3 is 16.2 Å². The number of aromatic nitrogens is 2. The zero-order chi connectivity index (χ0) is 15.3. The van der Waals surface area contributed by atoms with Crippen LogP contribution in [-0.4, -0.2) is 27.8 Å². The highest BCUT2D eigenvalue weighted by atomic mass is 16.3. The Morgan fingerprint density at radius 1 is 1.40 bits per heavy atom. The molecule has 0 bridgehead atoms. The lowest BCUT2D eigenvalue weighted by atomic mass is 9.88. The van der Waals surface area contributed by atoms with Gasteiger partial charge in [0.25, 0.3) is 5.56 Å². The van der Waals surface area contributed by atoms with Crippen LogP contribution in [0.15, 0.2) is 9.59 Å². The summed E-state index contributed by atoms with van der Waals surface area (Å²) >= 11 is 0. The van der Waals surface area contributed by atoms with Crippen molar-refractivity contribution in [3.63, 3.8) is 0 Å². The van der Waals surface area contributed by atoms with Gasteiger partial charge in [-0.3, -0.25) is 14.3 Å². The van der Waals surface area contributed by atoms with E-state index in [1.165, 1.54) is 4.57 Å². The van der Waals surface area contributed by atoms with Crippen molar-refractivity contribution in [3.8, 4) is 0 Å². The second-order valence-electron chi connectivity index (χ2n) is 5.61. The zero-order valence-corrected chi connectivity index (χ0v) is 12.3. The maximum absolute atomic E-state index is 11.8. The summed E-state index contributed by atoms with van der Waals surface area (Å²) in [6.45, 7) is 6.93. The van der Waals surface area contributed by atoms with Crippen molar-refractivity contribution >= 4 is 11.5 Å². The van der Waals surface area contributed by atoms with Gasteiger partial charge in [-0.05, 0) is 25.2 Å². The van der Waals surface area contributed by atoms with Gasteiger partial charge in [-0.25, -0.2) is 4.79 Å². The SMILES string of the molecule is CCn1c(N)c(NCC(C)(C)CCCO)c(=O)[nH]c1=O. The van der Waals surface area contributed by atoms with E-state index in [0.717, 1.165) is 6.42 Å². The van der Waals surface area contributed by atoms with E-state index in [-0.39, 0.29) is 23.5 Å². The van der Waals surface area contributed by atoms with Crippen molar-refractivity contribution in [1.29, 1.82) is 0 Å². The smallest absolute Gasteiger partial charge is 0.330 e. The Morgan fingerprint density at radius 2 is 2.05 bits per heavy atom. The van der Waals surface area contributed by atoms with E-state index in [0.29, 0.717) is 19.5 Å².